The average Bonchev–Trinajstić information content (AvgIpc) is 4.11. The first-order valence-electron chi connectivity index (χ1n) is 19.1. The largest absolute Gasteiger partial charge is 0.497 e. The van der Waals surface area contributed by atoms with Crippen LogP contribution in [0.5, 0.6) is 23.0 Å². The third-order valence-corrected chi connectivity index (χ3v) is 10.9. The lowest BCUT2D eigenvalue weighted by Crippen LogP contribution is -1.96. The van der Waals surface area contributed by atoms with Crippen molar-refractivity contribution in [3.05, 3.63) is 120 Å². The molecular formula is C48H42N8O4. The highest BCUT2D eigenvalue weighted by molar-refractivity contribution is 6.03. The summed E-state index contributed by atoms with van der Waals surface area (Å²) in [5.74, 6) is 2.56. The Balaban J connectivity index is 1.51. The van der Waals surface area contributed by atoms with Gasteiger partial charge < -0.3 is 51.9 Å². The summed E-state index contributed by atoms with van der Waals surface area (Å²) in [4.78, 5) is 18.1. The van der Waals surface area contributed by atoms with E-state index in [4.69, 9.17) is 51.9 Å². The number of H-pyrrole nitrogens is 2. The summed E-state index contributed by atoms with van der Waals surface area (Å²) >= 11 is 0. The SMILES string of the molecule is COc1ccc(N)c(-c2c3nc(c(-c4cc(OC)ccc4N)c4ccc([nH]4)c(-c4cc(OC)ccc4N)c4nc(c(-c5cc(OC)ccc5N)c5ccc2[nH]5)C=C4)C=C3)c1. The number of fused-ring (bicyclic) bond motifs is 8. The van der Waals surface area contributed by atoms with Crippen LogP contribution in [0, 0.1) is 0 Å². The van der Waals surface area contributed by atoms with E-state index < -0.39 is 0 Å². The summed E-state index contributed by atoms with van der Waals surface area (Å²) < 4.78 is 22.8. The fourth-order valence-electron chi connectivity index (χ4n) is 7.85. The summed E-state index contributed by atoms with van der Waals surface area (Å²) in [5, 5.41) is 0. The predicted octanol–water partition coefficient (Wildman–Crippen LogP) is 9.69. The number of hydrogen-bond donors (Lipinski definition) is 6. The molecule has 60 heavy (non-hydrogen) atoms. The van der Waals surface area contributed by atoms with Crippen LogP contribution in [-0.2, 0) is 0 Å². The van der Waals surface area contributed by atoms with Crippen LogP contribution in [0.2, 0.25) is 0 Å². The van der Waals surface area contributed by atoms with E-state index in [0.717, 1.165) is 66.6 Å². The molecule has 0 amide bonds. The van der Waals surface area contributed by atoms with Crippen molar-refractivity contribution in [2.75, 3.05) is 51.4 Å². The molecule has 10 N–H and O–H groups in total. The fourth-order valence-corrected chi connectivity index (χ4v) is 7.85. The van der Waals surface area contributed by atoms with E-state index in [9.17, 15) is 0 Å². The average molecular weight is 795 g/mol. The zero-order valence-corrected chi connectivity index (χ0v) is 33.4. The molecule has 9 rings (SSSR count). The third-order valence-electron chi connectivity index (χ3n) is 10.9. The van der Waals surface area contributed by atoms with Crippen molar-refractivity contribution < 1.29 is 18.9 Å². The summed E-state index contributed by atoms with van der Waals surface area (Å²) in [6.07, 6.45) is 7.91. The van der Waals surface area contributed by atoms with Crippen molar-refractivity contribution in [2.24, 2.45) is 0 Å². The van der Waals surface area contributed by atoms with Gasteiger partial charge in [0.2, 0.25) is 0 Å². The van der Waals surface area contributed by atoms with Crippen LogP contribution in [0.4, 0.5) is 22.7 Å². The van der Waals surface area contributed by atoms with E-state index in [2.05, 4.69) is 9.97 Å². The Morgan fingerprint density at radius 3 is 0.800 bits per heavy atom. The number of nitrogens with one attached hydrogen (secondary N) is 2. The summed E-state index contributed by atoms with van der Waals surface area (Å²) in [7, 11) is 6.51. The minimum Gasteiger partial charge on any atom is -0.497 e. The molecule has 0 saturated carbocycles. The van der Waals surface area contributed by atoms with Gasteiger partial charge in [0.1, 0.15) is 23.0 Å². The highest BCUT2D eigenvalue weighted by Crippen LogP contribution is 2.43. The Labute approximate surface area is 345 Å². The van der Waals surface area contributed by atoms with Crippen molar-refractivity contribution in [3.63, 3.8) is 0 Å². The Hall–Kier alpha value is -8.12. The normalized spacial score (nSPS) is 11.8. The molecule has 5 heterocycles. The number of benzene rings is 4. The van der Waals surface area contributed by atoms with Crippen LogP contribution in [0.3, 0.4) is 0 Å². The number of nitrogens with two attached hydrogens (primary N) is 4. The molecule has 0 atom stereocenters. The van der Waals surface area contributed by atoms with E-state index in [-0.39, 0.29) is 0 Å². The predicted molar refractivity (Wildman–Crippen MR) is 244 cm³/mol. The molecule has 4 aromatic carbocycles. The number of nitrogens with zero attached hydrogens (tertiary/aromatic N) is 2. The van der Waals surface area contributed by atoms with Crippen molar-refractivity contribution in [1.29, 1.82) is 0 Å². The van der Waals surface area contributed by atoms with Gasteiger partial charge in [0.25, 0.3) is 0 Å². The Bertz CT molecular complexity index is 2700. The number of aromatic amines is 2. The smallest absolute Gasteiger partial charge is 0.119 e. The minimum absolute atomic E-state index is 0.541. The lowest BCUT2D eigenvalue weighted by atomic mass is 10.0. The molecule has 0 spiro atoms. The Morgan fingerprint density at radius 1 is 0.350 bits per heavy atom. The number of hydrogen-bond acceptors (Lipinski definition) is 10. The van der Waals surface area contributed by atoms with E-state index in [1.807, 2.05) is 121 Å². The monoisotopic (exact) mass is 794 g/mol. The lowest BCUT2D eigenvalue weighted by molar-refractivity contribution is 0.415. The maximum absolute atomic E-state index is 6.78. The molecule has 12 nitrogen and oxygen atoms in total. The fraction of sp³-hybridized carbons (Fsp3) is 0.0833. The quantitative estimate of drug-likeness (QED) is 0.0805. The number of aromatic nitrogens is 4. The van der Waals surface area contributed by atoms with Gasteiger partial charge in [-0.05, 0) is 121 Å². The van der Waals surface area contributed by atoms with Gasteiger partial charge in [-0.3, -0.25) is 0 Å². The van der Waals surface area contributed by atoms with Crippen molar-refractivity contribution >= 4 is 69.1 Å². The number of methoxy groups -OCH3 is 4. The topological polar surface area (TPSA) is 198 Å². The molecule has 2 aliphatic rings. The molecule has 0 unspecified atom stereocenters. The molecule has 7 aromatic rings. The first kappa shape index (κ1) is 37.5. The van der Waals surface area contributed by atoms with Gasteiger partial charge in [0.05, 0.1) is 51.2 Å². The van der Waals surface area contributed by atoms with Crippen molar-refractivity contribution in [1.82, 2.24) is 19.9 Å². The summed E-state index contributed by atoms with van der Waals surface area (Å²) in [6.45, 7) is 0. The van der Waals surface area contributed by atoms with E-state index >= 15 is 0 Å². The molecule has 8 bridgehead atoms. The van der Waals surface area contributed by atoms with E-state index in [0.29, 0.717) is 68.5 Å². The minimum atomic E-state index is 0.541. The van der Waals surface area contributed by atoms with Gasteiger partial charge in [-0.1, -0.05) is 0 Å². The number of rotatable bonds is 8. The Morgan fingerprint density at radius 2 is 0.583 bits per heavy atom. The van der Waals surface area contributed by atoms with Crippen LogP contribution in [-0.4, -0.2) is 48.4 Å². The van der Waals surface area contributed by atoms with Crippen LogP contribution in [0.1, 0.15) is 22.8 Å². The van der Waals surface area contributed by atoms with Crippen molar-refractivity contribution in [2.45, 2.75) is 0 Å². The molecule has 298 valence electrons. The van der Waals surface area contributed by atoms with Gasteiger partial charge in [-0.2, -0.15) is 0 Å². The lowest BCUT2D eigenvalue weighted by Gasteiger charge is -2.12. The van der Waals surface area contributed by atoms with Gasteiger partial charge >= 0.3 is 0 Å². The highest BCUT2D eigenvalue weighted by atomic mass is 16.5. The zero-order valence-electron chi connectivity index (χ0n) is 33.4. The molecule has 12 heteroatoms. The molecule has 0 saturated heterocycles. The van der Waals surface area contributed by atoms with Crippen LogP contribution < -0.4 is 41.9 Å². The van der Waals surface area contributed by atoms with Crippen LogP contribution in [0.15, 0.2) is 97.1 Å². The standard InChI is InChI=1S/C48H42N8O4/c1-57-25-5-9-33(49)29(21-25)45-37-13-15-39(53-37)46(30-22-26(58-2)6-10-34(30)50)41-17-19-43(55-41)48(32-24-28(60-4)8-12-36(32)52)44-20-18-42(56-44)47(40-16-14-38(45)54-40)31-23-27(59-3)7-11-35(31)51/h5-24,53,56H,49-52H2,1-4H3. The van der Waals surface area contributed by atoms with Gasteiger partial charge in [0.15, 0.2) is 0 Å². The summed E-state index contributed by atoms with van der Waals surface area (Å²) in [6, 6.07) is 30.3. The van der Waals surface area contributed by atoms with Gasteiger partial charge in [-0.25, -0.2) is 9.97 Å². The van der Waals surface area contributed by atoms with Crippen LogP contribution >= 0.6 is 0 Å². The number of nitrogen functional groups attached to an aromatic ring is 4. The molecule has 3 aromatic heterocycles. The first-order chi connectivity index (χ1) is 29.2. The van der Waals surface area contributed by atoms with Crippen molar-refractivity contribution in [3.8, 4) is 67.5 Å². The maximum Gasteiger partial charge on any atom is 0.119 e. The molecule has 2 aliphatic heterocycles. The second kappa shape index (κ2) is 15.0. The van der Waals surface area contributed by atoms with Crippen LogP contribution in [0.25, 0.3) is 90.9 Å². The highest BCUT2D eigenvalue weighted by Gasteiger charge is 2.22. The molecule has 0 fully saturated rings. The summed E-state index contributed by atoms with van der Waals surface area (Å²) in [5.41, 5.74) is 40.8. The Kier molecular flexibility index (Phi) is 9.36. The van der Waals surface area contributed by atoms with Gasteiger partial charge in [0, 0.05) is 89.3 Å². The van der Waals surface area contributed by atoms with E-state index in [1.54, 1.807) is 28.4 Å². The maximum atomic E-state index is 6.78. The molecule has 0 aliphatic carbocycles. The molecule has 0 radical (unpaired) electrons. The molecular weight excluding hydrogens is 753 g/mol. The van der Waals surface area contributed by atoms with Gasteiger partial charge in [-0.15, -0.1) is 0 Å². The second-order valence-electron chi connectivity index (χ2n) is 14.3. The first-order valence-corrected chi connectivity index (χ1v) is 19.1. The zero-order chi connectivity index (χ0) is 41.7. The third kappa shape index (κ3) is 6.45. The number of ether oxygens (including phenoxy) is 4. The number of anilines is 4. The second-order valence-corrected chi connectivity index (χ2v) is 14.3. The van der Waals surface area contributed by atoms with E-state index in [1.165, 1.54) is 0 Å².